The molecule has 2 heterocycles. The highest BCUT2D eigenvalue weighted by atomic mass is 35.5. The molecule has 0 spiro atoms. The van der Waals surface area contributed by atoms with Gasteiger partial charge in [0.2, 0.25) is 5.43 Å². The minimum atomic E-state index is -0.366. The molecule has 0 saturated carbocycles. The highest BCUT2D eigenvalue weighted by Crippen LogP contribution is 2.34. The number of halogens is 1. The molecule has 0 bridgehead atoms. The molecular weight excluding hydrogens is 296 g/mol. The Balaban J connectivity index is 2.01. The van der Waals surface area contributed by atoms with Gasteiger partial charge in [0.1, 0.15) is 10.9 Å². The molecular formula is C14H9ClN2O2S. The molecule has 20 heavy (non-hydrogen) atoms. The lowest BCUT2D eigenvalue weighted by Crippen LogP contribution is -2.07. The molecule has 0 unspecified atom stereocenters. The summed E-state index contributed by atoms with van der Waals surface area (Å²) in [5.41, 5.74) is 0.549. The van der Waals surface area contributed by atoms with E-state index in [9.17, 15) is 4.79 Å². The lowest BCUT2D eigenvalue weighted by molar-refractivity contribution is 0.452. The number of H-pyrrole nitrogens is 1. The average Bonchev–Trinajstić information content (AvgIpc) is 2.96. The standard InChI is InChI=1S/C14H9ClN2O2S/c15-13-8-10(18)14(17-16-13)19-11-5-2-1-4-9(11)12-6-3-7-20-12/h1-8H,(H,16,18). The minimum Gasteiger partial charge on any atom is -0.434 e. The third kappa shape index (κ3) is 2.59. The third-order valence-corrected chi connectivity index (χ3v) is 3.71. The smallest absolute Gasteiger partial charge is 0.285 e. The Morgan fingerprint density at radius 3 is 2.80 bits per heavy atom. The molecule has 0 aliphatic rings. The van der Waals surface area contributed by atoms with E-state index in [1.807, 2.05) is 35.7 Å². The Bertz CT molecular complexity index is 784. The van der Waals surface area contributed by atoms with Crippen molar-refractivity contribution < 1.29 is 4.74 Å². The summed E-state index contributed by atoms with van der Waals surface area (Å²) in [7, 11) is 0. The Morgan fingerprint density at radius 2 is 2.05 bits per heavy atom. The van der Waals surface area contributed by atoms with Crippen molar-refractivity contribution in [2.24, 2.45) is 0 Å². The average molecular weight is 305 g/mol. The fourth-order valence-electron chi connectivity index (χ4n) is 1.74. The molecule has 0 saturated heterocycles. The molecule has 3 aromatic rings. The number of hydrogen-bond donors (Lipinski definition) is 1. The van der Waals surface area contributed by atoms with Gasteiger partial charge in [-0.25, -0.2) is 0 Å². The van der Waals surface area contributed by atoms with Crippen LogP contribution in [0.25, 0.3) is 10.4 Å². The van der Waals surface area contributed by atoms with Crippen molar-refractivity contribution in [2.45, 2.75) is 0 Å². The molecule has 0 fully saturated rings. The van der Waals surface area contributed by atoms with Crippen LogP contribution in [0.1, 0.15) is 0 Å². The van der Waals surface area contributed by atoms with Gasteiger partial charge >= 0.3 is 0 Å². The number of aromatic nitrogens is 2. The maximum absolute atomic E-state index is 11.8. The highest BCUT2D eigenvalue weighted by molar-refractivity contribution is 7.13. The van der Waals surface area contributed by atoms with E-state index in [4.69, 9.17) is 16.3 Å². The summed E-state index contributed by atoms with van der Waals surface area (Å²) in [5.74, 6) is 0.550. The maximum Gasteiger partial charge on any atom is 0.285 e. The lowest BCUT2D eigenvalue weighted by Gasteiger charge is -2.08. The Morgan fingerprint density at radius 1 is 1.20 bits per heavy atom. The zero-order chi connectivity index (χ0) is 13.9. The van der Waals surface area contributed by atoms with Gasteiger partial charge in [-0.05, 0) is 23.6 Å². The SMILES string of the molecule is O=c1cc(Cl)[nH]nc1Oc1ccccc1-c1cccs1. The van der Waals surface area contributed by atoms with Crippen molar-refractivity contribution in [2.75, 3.05) is 0 Å². The van der Waals surface area contributed by atoms with Gasteiger partial charge in [0.05, 0.1) is 0 Å². The normalized spacial score (nSPS) is 10.4. The second kappa shape index (κ2) is 5.48. The van der Waals surface area contributed by atoms with E-state index in [0.29, 0.717) is 5.75 Å². The van der Waals surface area contributed by atoms with Crippen LogP contribution in [-0.4, -0.2) is 10.2 Å². The summed E-state index contributed by atoms with van der Waals surface area (Å²) < 4.78 is 5.61. The van der Waals surface area contributed by atoms with Crippen molar-refractivity contribution in [3.05, 3.63) is 63.2 Å². The number of aromatic amines is 1. The fourth-order valence-corrected chi connectivity index (χ4v) is 2.63. The molecule has 1 N–H and O–H groups in total. The van der Waals surface area contributed by atoms with E-state index in [0.717, 1.165) is 10.4 Å². The van der Waals surface area contributed by atoms with Gasteiger partial charge in [-0.2, -0.15) is 0 Å². The number of benzene rings is 1. The van der Waals surface area contributed by atoms with E-state index in [-0.39, 0.29) is 16.5 Å². The van der Waals surface area contributed by atoms with E-state index >= 15 is 0 Å². The molecule has 6 heteroatoms. The van der Waals surface area contributed by atoms with Crippen molar-refractivity contribution >= 4 is 22.9 Å². The van der Waals surface area contributed by atoms with Crippen molar-refractivity contribution in [1.29, 1.82) is 0 Å². The monoisotopic (exact) mass is 304 g/mol. The topological polar surface area (TPSA) is 55.0 Å². The number of nitrogens with one attached hydrogen (secondary N) is 1. The maximum atomic E-state index is 11.8. The van der Waals surface area contributed by atoms with Crippen LogP contribution >= 0.6 is 22.9 Å². The van der Waals surface area contributed by atoms with E-state index in [1.54, 1.807) is 17.4 Å². The van der Waals surface area contributed by atoms with Crippen molar-refractivity contribution in [3.63, 3.8) is 0 Å². The summed E-state index contributed by atoms with van der Waals surface area (Å²) in [6.07, 6.45) is 0. The quantitative estimate of drug-likeness (QED) is 0.797. The van der Waals surface area contributed by atoms with Crippen LogP contribution in [0.4, 0.5) is 0 Å². The summed E-state index contributed by atoms with van der Waals surface area (Å²) >= 11 is 7.26. The van der Waals surface area contributed by atoms with Gasteiger partial charge in [0.15, 0.2) is 0 Å². The molecule has 0 aliphatic heterocycles. The third-order valence-electron chi connectivity index (χ3n) is 2.61. The second-order valence-electron chi connectivity index (χ2n) is 3.96. The predicted octanol–water partition coefficient (Wildman–Crippen LogP) is 3.94. The van der Waals surface area contributed by atoms with Gasteiger partial charge in [-0.15, -0.1) is 16.4 Å². The molecule has 0 amide bonds. The van der Waals surface area contributed by atoms with Crippen LogP contribution < -0.4 is 10.2 Å². The highest BCUT2D eigenvalue weighted by Gasteiger charge is 2.10. The Hall–Kier alpha value is -2.11. The molecule has 2 aromatic heterocycles. The van der Waals surface area contributed by atoms with Crippen LogP contribution in [0.5, 0.6) is 11.6 Å². The van der Waals surface area contributed by atoms with Gasteiger partial charge in [0, 0.05) is 16.5 Å². The molecule has 100 valence electrons. The van der Waals surface area contributed by atoms with E-state index in [2.05, 4.69) is 10.2 Å². The summed E-state index contributed by atoms with van der Waals surface area (Å²) in [6.45, 7) is 0. The van der Waals surface area contributed by atoms with Crippen LogP contribution in [-0.2, 0) is 0 Å². The summed E-state index contributed by atoms with van der Waals surface area (Å²) in [4.78, 5) is 12.8. The zero-order valence-electron chi connectivity index (χ0n) is 10.2. The lowest BCUT2D eigenvalue weighted by atomic mass is 10.1. The number of thiophene rings is 1. The zero-order valence-corrected chi connectivity index (χ0v) is 11.7. The van der Waals surface area contributed by atoms with Gasteiger partial charge in [0.25, 0.3) is 5.88 Å². The fraction of sp³-hybridized carbons (Fsp3) is 0. The second-order valence-corrected chi connectivity index (χ2v) is 5.32. The predicted molar refractivity (Wildman–Crippen MR) is 79.7 cm³/mol. The molecule has 0 radical (unpaired) electrons. The molecule has 4 nitrogen and oxygen atoms in total. The first-order valence-electron chi connectivity index (χ1n) is 5.80. The Kier molecular flexibility index (Phi) is 3.54. The summed E-state index contributed by atoms with van der Waals surface area (Å²) in [6, 6.07) is 12.7. The van der Waals surface area contributed by atoms with Gasteiger partial charge in [-0.3, -0.25) is 9.89 Å². The summed E-state index contributed by atoms with van der Waals surface area (Å²) in [5, 5.41) is 8.48. The molecule has 0 aliphatic carbocycles. The van der Waals surface area contributed by atoms with Crippen LogP contribution in [0.15, 0.2) is 52.6 Å². The van der Waals surface area contributed by atoms with Gasteiger partial charge in [-0.1, -0.05) is 29.8 Å². The van der Waals surface area contributed by atoms with E-state index < -0.39 is 0 Å². The molecule has 0 atom stereocenters. The van der Waals surface area contributed by atoms with Crippen molar-refractivity contribution in [3.8, 4) is 22.1 Å². The first-order valence-corrected chi connectivity index (χ1v) is 7.06. The van der Waals surface area contributed by atoms with E-state index in [1.165, 1.54) is 6.07 Å². The Labute approximate surface area is 123 Å². The minimum absolute atomic E-state index is 0.0293. The number of hydrogen-bond acceptors (Lipinski definition) is 4. The number of para-hydroxylation sites is 1. The first-order chi connectivity index (χ1) is 9.74. The number of nitrogens with zero attached hydrogens (tertiary/aromatic N) is 1. The van der Waals surface area contributed by atoms with Crippen molar-refractivity contribution in [1.82, 2.24) is 10.2 Å². The number of ether oxygens (including phenoxy) is 1. The first kappa shape index (κ1) is 12.9. The largest absolute Gasteiger partial charge is 0.434 e. The van der Waals surface area contributed by atoms with Crippen LogP contribution in [0.2, 0.25) is 5.15 Å². The van der Waals surface area contributed by atoms with Crippen LogP contribution in [0, 0.1) is 0 Å². The van der Waals surface area contributed by atoms with Gasteiger partial charge < -0.3 is 4.74 Å². The number of rotatable bonds is 3. The van der Waals surface area contributed by atoms with Crippen LogP contribution in [0.3, 0.4) is 0 Å². The molecule has 1 aromatic carbocycles. The molecule has 3 rings (SSSR count).